The second-order valence-electron chi connectivity index (χ2n) is 8.25. The molecule has 0 bridgehead atoms. The Morgan fingerprint density at radius 1 is 0.935 bits per heavy atom. The van der Waals surface area contributed by atoms with Gasteiger partial charge in [-0.2, -0.15) is 0 Å². The van der Waals surface area contributed by atoms with Crippen LogP contribution < -0.4 is 10.6 Å². The SMILES string of the molecule is CC(C)(C)OC(=O)N[C@@H](Cc1ccccc1)C(=O)N[C@H](CBr)COCc1ccccc1. The Kier molecular flexibility index (Phi) is 10.0. The molecule has 31 heavy (non-hydrogen) atoms. The van der Waals surface area contributed by atoms with Gasteiger partial charge < -0.3 is 20.1 Å². The quantitative estimate of drug-likeness (QED) is 0.488. The van der Waals surface area contributed by atoms with Gasteiger partial charge in [0.15, 0.2) is 0 Å². The molecule has 0 aliphatic heterocycles. The van der Waals surface area contributed by atoms with E-state index in [-0.39, 0.29) is 11.9 Å². The summed E-state index contributed by atoms with van der Waals surface area (Å²) in [5, 5.41) is 6.19. The van der Waals surface area contributed by atoms with Crippen LogP contribution in [0.1, 0.15) is 31.9 Å². The van der Waals surface area contributed by atoms with Gasteiger partial charge in [-0.3, -0.25) is 4.79 Å². The Balaban J connectivity index is 1.97. The molecule has 0 aliphatic rings. The number of alkyl carbamates (subject to hydrolysis) is 1. The molecule has 0 heterocycles. The Morgan fingerprint density at radius 3 is 2.06 bits per heavy atom. The van der Waals surface area contributed by atoms with Gasteiger partial charge in [0.2, 0.25) is 5.91 Å². The van der Waals surface area contributed by atoms with Gasteiger partial charge in [0.25, 0.3) is 0 Å². The lowest BCUT2D eigenvalue weighted by atomic mass is 10.1. The van der Waals surface area contributed by atoms with Crippen molar-refractivity contribution in [2.45, 2.75) is 51.5 Å². The van der Waals surface area contributed by atoms with E-state index in [4.69, 9.17) is 9.47 Å². The summed E-state index contributed by atoms with van der Waals surface area (Å²) in [6, 6.07) is 18.4. The number of carbonyl (C=O) groups excluding carboxylic acids is 2. The van der Waals surface area contributed by atoms with Crippen LogP contribution in [0.15, 0.2) is 60.7 Å². The molecule has 2 aromatic carbocycles. The summed E-state index contributed by atoms with van der Waals surface area (Å²) >= 11 is 3.43. The van der Waals surface area contributed by atoms with Crippen LogP contribution in [0.5, 0.6) is 0 Å². The molecule has 0 spiro atoms. The van der Waals surface area contributed by atoms with Crippen LogP contribution in [0.3, 0.4) is 0 Å². The van der Waals surface area contributed by atoms with Gasteiger partial charge in [-0.05, 0) is 31.9 Å². The van der Waals surface area contributed by atoms with Crippen molar-refractivity contribution >= 4 is 27.9 Å². The molecule has 2 rings (SSSR count). The largest absolute Gasteiger partial charge is 0.444 e. The molecule has 2 aromatic rings. The Morgan fingerprint density at radius 2 is 1.52 bits per heavy atom. The zero-order chi connectivity index (χ0) is 22.7. The van der Waals surface area contributed by atoms with E-state index in [2.05, 4.69) is 26.6 Å². The zero-order valence-corrected chi connectivity index (χ0v) is 19.9. The third-order valence-corrected chi connectivity index (χ3v) is 5.03. The molecule has 0 aromatic heterocycles. The number of amides is 2. The molecular weight excluding hydrogens is 460 g/mol. The minimum atomic E-state index is -0.770. The van der Waals surface area contributed by atoms with Gasteiger partial charge in [-0.25, -0.2) is 4.79 Å². The molecule has 2 amide bonds. The maximum Gasteiger partial charge on any atom is 0.408 e. The lowest BCUT2D eigenvalue weighted by Gasteiger charge is -2.25. The van der Waals surface area contributed by atoms with Gasteiger partial charge in [0, 0.05) is 11.8 Å². The average molecular weight is 491 g/mol. The fourth-order valence-corrected chi connectivity index (χ4v) is 3.18. The number of nitrogens with one attached hydrogen (secondary N) is 2. The van der Waals surface area contributed by atoms with Crippen LogP contribution in [0.4, 0.5) is 4.79 Å². The Bertz CT molecular complexity index is 809. The highest BCUT2D eigenvalue weighted by molar-refractivity contribution is 9.09. The van der Waals surface area contributed by atoms with E-state index in [1.54, 1.807) is 20.8 Å². The summed E-state index contributed by atoms with van der Waals surface area (Å²) in [5.74, 6) is -0.289. The fourth-order valence-electron chi connectivity index (χ4n) is 2.83. The summed E-state index contributed by atoms with van der Waals surface area (Å²) in [5.41, 5.74) is 1.35. The molecule has 0 radical (unpaired) electrons. The van der Waals surface area contributed by atoms with Gasteiger partial charge in [-0.15, -0.1) is 0 Å². The highest BCUT2D eigenvalue weighted by atomic mass is 79.9. The summed E-state index contributed by atoms with van der Waals surface area (Å²) in [6.45, 7) is 6.15. The van der Waals surface area contributed by atoms with E-state index >= 15 is 0 Å². The molecule has 6 nitrogen and oxygen atoms in total. The number of halogens is 1. The van der Waals surface area contributed by atoms with E-state index in [1.807, 2.05) is 60.7 Å². The first-order valence-corrected chi connectivity index (χ1v) is 11.4. The monoisotopic (exact) mass is 490 g/mol. The summed E-state index contributed by atoms with van der Waals surface area (Å²) < 4.78 is 11.1. The highest BCUT2D eigenvalue weighted by Crippen LogP contribution is 2.09. The molecule has 0 unspecified atom stereocenters. The van der Waals surface area contributed by atoms with E-state index in [1.165, 1.54) is 0 Å². The second kappa shape index (κ2) is 12.5. The number of hydrogen-bond acceptors (Lipinski definition) is 4. The first kappa shape index (κ1) is 24.9. The van der Waals surface area contributed by atoms with Crippen LogP contribution in [0.2, 0.25) is 0 Å². The van der Waals surface area contributed by atoms with E-state index in [0.29, 0.717) is 25.0 Å². The predicted octanol–water partition coefficient (Wildman–Crippen LogP) is 4.22. The molecule has 0 saturated heterocycles. The number of hydrogen-bond donors (Lipinski definition) is 2. The number of ether oxygens (including phenoxy) is 2. The summed E-state index contributed by atoms with van der Waals surface area (Å²) in [6.07, 6.45) is -0.273. The molecule has 0 saturated carbocycles. The average Bonchev–Trinajstić information content (AvgIpc) is 2.72. The van der Waals surface area contributed by atoms with Crippen molar-refractivity contribution in [2.24, 2.45) is 0 Å². The molecule has 7 heteroatoms. The molecule has 2 N–H and O–H groups in total. The molecule has 168 valence electrons. The van der Waals surface area contributed by atoms with E-state index in [9.17, 15) is 9.59 Å². The molecule has 0 aliphatic carbocycles. The smallest absolute Gasteiger partial charge is 0.408 e. The van der Waals surface area contributed by atoms with Crippen molar-refractivity contribution in [3.63, 3.8) is 0 Å². The van der Waals surface area contributed by atoms with Crippen molar-refractivity contribution in [3.05, 3.63) is 71.8 Å². The lowest BCUT2D eigenvalue weighted by molar-refractivity contribution is -0.124. The van der Waals surface area contributed by atoms with Crippen LogP contribution in [0, 0.1) is 0 Å². The van der Waals surface area contributed by atoms with Gasteiger partial charge in [0.05, 0.1) is 19.3 Å². The van der Waals surface area contributed by atoms with Gasteiger partial charge in [-0.1, -0.05) is 76.6 Å². The fraction of sp³-hybridized carbons (Fsp3) is 0.417. The minimum absolute atomic E-state index is 0.241. The third kappa shape index (κ3) is 9.98. The Hall–Kier alpha value is -2.38. The van der Waals surface area contributed by atoms with Gasteiger partial charge >= 0.3 is 6.09 Å². The second-order valence-corrected chi connectivity index (χ2v) is 8.90. The predicted molar refractivity (Wildman–Crippen MR) is 125 cm³/mol. The number of benzene rings is 2. The number of rotatable bonds is 10. The van der Waals surface area contributed by atoms with Crippen molar-refractivity contribution < 1.29 is 19.1 Å². The molecule has 2 atom stereocenters. The zero-order valence-electron chi connectivity index (χ0n) is 18.3. The first-order chi connectivity index (χ1) is 14.8. The van der Waals surface area contributed by atoms with Crippen molar-refractivity contribution in [2.75, 3.05) is 11.9 Å². The highest BCUT2D eigenvalue weighted by Gasteiger charge is 2.26. The molecule has 0 fully saturated rings. The van der Waals surface area contributed by atoms with Crippen molar-refractivity contribution in [1.29, 1.82) is 0 Å². The first-order valence-electron chi connectivity index (χ1n) is 10.3. The van der Waals surface area contributed by atoms with Crippen LogP contribution in [0.25, 0.3) is 0 Å². The summed E-state index contributed by atoms with van der Waals surface area (Å²) in [4.78, 5) is 25.3. The molecular formula is C24H31BrN2O4. The topological polar surface area (TPSA) is 76.7 Å². The van der Waals surface area contributed by atoms with Crippen LogP contribution >= 0.6 is 15.9 Å². The van der Waals surface area contributed by atoms with Gasteiger partial charge in [0.1, 0.15) is 11.6 Å². The maximum absolute atomic E-state index is 13.0. The normalized spacial score (nSPS) is 13.2. The van der Waals surface area contributed by atoms with Crippen LogP contribution in [-0.4, -0.2) is 41.6 Å². The third-order valence-electron chi connectivity index (χ3n) is 4.25. The van der Waals surface area contributed by atoms with Crippen molar-refractivity contribution in [3.8, 4) is 0 Å². The van der Waals surface area contributed by atoms with Crippen LogP contribution in [-0.2, 0) is 27.3 Å². The number of carbonyl (C=O) groups is 2. The van der Waals surface area contributed by atoms with E-state index < -0.39 is 17.7 Å². The summed E-state index contributed by atoms with van der Waals surface area (Å²) in [7, 11) is 0. The van der Waals surface area contributed by atoms with Crippen molar-refractivity contribution in [1.82, 2.24) is 10.6 Å². The maximum atomic E-state index is 13.0. The van der Waals surface area contributed by atoms with E-state index in [0.717, 1.165) is 11.1 Å². The minimum Gasteiger partial charge on any atom is -0.444 e. The number of alkyl halides is 1. The Labute approximate surface area is 192 Å². The standard InChI is InChI=1S/C24H31BrN2O4/c1-24(2,3)31-23(29)27-21(14-18-10-6-4-7-11-18)22(28)26-20(15-25)17-30-16-19-12-8-5-9-13-19/h4-13,20-21H,14-17H2,1-3H3,(H,26,28)(H,27,29)/t20-,21+/m1/s1. The lowest BCUT2D eigenvalue weighted by Crippen LogP contribution is -2.52.